The Morgan fingerprint density at radius 2 is 1.62 bits per heavy atom. The van der Waals surface area contributed by atoms with Crippen LogP contribution in [0.4, 0.5) is 0 Å². The van der Waals surface area contributed by atoms with Crippen LogP contribution in [0.3, 0.4) is 0 Å². The fourth-order valence-electron chi connectivity index (χ4n) is 3.28. The zero-order valence-electron chi connectivity index (χ0n) is 16.1. The van der Waals surface area contributed by atoms with Crippen LogP contribution in [0.25, 0.3) is 0 Å². The van der Waals surface area contributed by atoms with Crippen molar-refractivity contribution in [3.8, 4) is 23.0 Å². The number of piperidine rings is 1. The summed E-state index contributed by atoms with van der Waals surface area (Å²) in [6.07, 6.45) is 1.18. The Bertz CT molecular complexity index is 866. The van der Waals surface area contributed by atoms with Crippen LogP contribution in [0.2, 0.25) is 0 Å². The van der Waals surface area contributed by atoms with E-state index in [0.717, 1.165) is 12.1 Å². The molecule has 0 radical (unpaired) electrons. The average molecular weight is 400 g/mol. The Hall–Kier alpha value is -3.42. The molecule has 154 valence electrons. The van der Waals surface area contributed by atoms with Crippen LogP contribution in [0.5, 0.6) is 23.0 Å². The maximum atomic E-state index is 12.6. The lowest BCUT2D eigenvalue weighted by Crippen LogP contribution is -2.46. The molecule has 0 unspecified atom stereocenters. The number of aromatic hydroxyl groups is 3. The van der Waals surface area contributed by atoms with Crippen LogP contribution < -0.4 is 10.1 Å². The second kappa shape index (κ2) is 8.72. The first-order valence-corrected chi connectivity index (χ1v) is 9.47. The highest BCUT2D eigenvalue weighted by atomic mass is 16.5. The molecule has 1 aliphatic rings. The van der Waals surface area contributed by atoms with Crippen molar-refractivity contribution >= 4 is 11.8 Å². The van der Waals surface area contributed by atoms with Gasteiger partial charge in [-0.15, -0.1) is 0 Å². The van der Waals surface area contributed by atoms with Crippen molar-refractivity contribution in [3.63, 3.8) is 0 Å². The molecule has 2 aromatic rings. The topological polar surface area (TPSA) is 119 Å². The summed E-state index contributed by atoms with van der Waals surface area (Å²) in [5, 5.41) is 31.6. The number of benzene rings is 2. The van der Waals surface area contributed by atoms with Gasteiger partial charge in [-0.1, -0.05) is 0 Å². The molecule has 2 aromatic carbocycles. The number of phenolic OH excluding ortho intramolecular Hbond substituents is 3. The molecule has 0 aliphatic carbocycles. The summed E-state index contributed by atoms with van der Waals surface area (Å²) in [7, 11) is 0. The van der Waals surface area contributed by atoms with E-state index in [1.54, 1.807) is 29.2 Å². The van der Waals surface area contributed by atoms with Crippen molar-refractivity contribution in [2.45, 2.75) is 25.8 Å². The van der Waals surface area contributed by atoms with Gasteiger partial charge >= 0.3 is 0 Å². The van der Waals surface area contributed by atoms with E-state index < -0.39 is 17.2 Å². The van der Waals surface area contributed by atoms with Gasteiger partial charge in [-0.25, -0.2) is 0 Å². The van der Waals surface area contributed by atoms with E-state index in [4.69, 9.17) is 4.74 Å². The molecule has 0 saturated carbocycles. The minimum Gasteiger partial charge on any atom is -0.504 e. The maximum Gasteiger partial charge on any atom is 0.254 e. The summed E-state index contributed by atoms with van der Waals surface area (Å²) in [4.78, 5) is 26.6. The number of hydrogen-bond donors (Lipinski definition) is 4. The van der Waals surface area contributed by atoms with E-state index in [-0.39, 0.29) is 23.4 Å². The lowest BCUT2D eigenvalue weighted by atomic mass is 10.0. The number of likely N-dealkylation sites (tertiary alicyclic amines) is 1. The quantitative estimate of drug-likeness (QED) is 0.572. The van der Waals surface area contributed by atoms with Crippen molar-refractivity contribution in [1.82, 2.24) is 10.2 Å². The van der Waals surface area contributed by atoms with Gasteiger partial charge in [-0.05, 0) is 56.2 Å². The van der Waals surface area contributed by atoms with Crippen LogP contribution in [0.1, 0.15) is 40.5 Å². The number of nitrogens with one attached hydrogen (secondary N) is 1. The summed E-state index contributed by atoms with van der Waals surface area (Å²) in [5.41, 5.74) is 0.636. The van der Waals surface area contributed by atoms with Gasteiger partial charge in [0.1, 0.15) is 5.75 Å². The molecule has 0 aromatic heterocycles. The smallest absolute Gasteiger partial charge is 0.254 e. The summed E-state index contributed by atoms with van der Waals surface area (Å²) < 4.78 is 5.37. The van der Waals surface area contributed by atoms with E-state index >= 15 is 0 Å². The van der Waals surface area contributed by atoms with E-state index in [0.29, 0.717) is 43.9 Å². The van der Waals surface area contributed by atoms with Crippen molar-refractivity contribution in [2.24, 2.45) is 0 Å². The van der Waals surface area contributed by atoms with Crippen molar-refractivity contribution in [1.29, 1.82) is 0 Å². The molecule has 0 spiro atoms. The lowest BCUT2D eigenvalue weighted by molar-refractivity contribution is 0.0697. The lowest BCUT2D eigenvalue weighted by Gasteiger charge is -2.32. The molecule has 0 bridgehead atoms. The number of hydrogen-bond acceptors (Lipinski definition) is 6. The van der Waals surface area contributed by atoms with E-state index in [1.165, 1.54) is 0 Å². The van der Waals surface area contributed by atoms with Crippen LogP contribution >= 0.6 is 0 Å². The maximum absolute atomic E-state index is 12.6. The fourth-order valence-corrected chi connectivity index (χ4v) is 3.28. The Kier molecular flexibility index (Phi) is 6.11. The van der Waals surface area contributed by atoms with Gasteiger partial charge in [-0.2, -0.15) is 0 Å². The van der Waals surface area contributed by atoms with E-state index in [9.17, 15) is 24.9 Å². The number of amides is 2. The third-order valence-electron chi connectivity index (χ3n) is 4.86. The van der Waals surface area contributed by atoms with Crippen molar-refractivity contribution in [2.75, 3.05) is 19.7 Å². The van der Waals surface area contributed by atoms with Gasteiger partial charge in [0.15, 0.2) is 17.2 Å². The van der Waals surface area contributed by atoms with Gasteiger partial charge in [0.05, 0.1) is 6.61 Å². The molecule has 1 heterocycles. The Balaban J connectivity index is 1.55. The number of nitrogens with zero attached hydrogens (tertiary/aromatic N) is 1. The highest BCUT2D eigenvalue weighted by Gasteiger charge is 2.26. The zero-order valence-corrected chi connectivity index (χ0v) is 16.1. The molecular weight excluding hydrogens is 376 g/mol. The standard InChI is InChI=1S/C21H24N2O6/c1-2-29-16-5-3-13(4-6-16)20(27)22-15-7-9-23(10-8-15)21(28)14-11-17(24)19(26)18(25)12-14/h3-6,11-12,15,24-26H,2,7-10H2,1H3,(H,22,27). The van der Waals surface area contributed by atoms with Crippen LogP contribution in [0.15, 0.2) is 36.4 Å². The number of carbonyl (C=O) groups excluding carboxylic acids is 2. The van der Waals surface area contributed by atoms with Gasteiger partial charge in [0.2, 0.25) is 0 Å². The number of phenols is 3. The second-order valence-electron chi connectivity index (χ2n) is 6.86. The predicted molar refractivity (Wildman–Crippen MR) is 105 cm³/mol. The molecular formula is C21H24N2O6. The largest absolute Gasteiger partial charge is 0.504 e. The third kappa shape index (κ3) is 4.71. The molecule has 1 saturated heterocycles. The summed E-state index contributed by atoms with van der Waals surface area (Å²) in [5.74, 6) is -1.57. The summed E-state index contributed by atoms with van der Waals surface area (Å²) >= 11 is 0. The van der Waals surface area contributed by atoms with E-state index in [1.807, 2.05) is 6.92 Å². The van der Waals surface area contributed by atoms with Gasteiger partial charge in [-0.3, -0.25) is 9.59 Å². The molecule has 8 nitrogen and oxygen atoms in total. The Labute approximate surface area is 168 Å². The number of carbonyl (C=O) groups is 2. The molecule has 4 N–H and O–H groups in total. The van der Waals surface area contributed by atoms with Gasteiger partial charge < -0.3 is 30.3 Å². The molecule has 3 rings (SSSR count). The van der Waals surface area contributed by atoms with Crippen molar-refractivity contribution < 1.29 is 29.6 Å². The van der Waals surface area contributed by atoms with Gasteiger partial charge in [0.25, 0.3) is 11.8 Å². The second-order valence-corrected chi connectivity index (χ2v) is 6.86. The highest BCUT2D eigenvalue weighted by Crippen LogP contribution is 2.35. The molecule has 1 aliphatic heterocycles. The zero-order chi connectivity index (χ0) is 21.0. The number of ether oxygens (including phenoxy) is 1. The normalized spacial score (nSPS) is 14.4. The summed E-state index contributed by atoms with van der Waals surface area (Å²) in [6.45, 7) is 3.31. The molecule has 29 heavy (non-hydrogen) atoms. The summed E-state index contributed by atoms with van der Waals surface area (Å²) in [6, 6.07) is 9.12. The van der Waals surface area contributed by atoms with Crippen LogP contribution in [0, 0.1) is 0 Å². The molecule has 1 fully saturated rings. The Morgan fingerprint density at radius 3 is 2.17 bits per heavy atom. The van der Waals surface area contributed by atoms with E-state index in [2.05, 4.69) is 5.32 Å². The Morgan fingerprint density at radius 1 is 1.03 bits per heavy atom. The molecule has 2 amide bonds. The van der Waals surface area contributed by atoms with Crippen molar-refractivity contribution in [3.05, 3.63) is 47.5 Å². The predicted octanol–water partition coefficient (Wildman–Crippen LogP) is 2.24. The van der Waals surface area contributed by atoms with Gasteiger partial charge in [0, 0.05) is 30.3 Å². The first kappa shape index (κ1) is 20.3. The molecule has 8 heteroatoms. The SMILES string of the molecule is CCOc1ccc(C(=O)NC2CCN(C(=O)c3cc(O)c(O)c(O)c3)CC2)cc1. The first-order chi connectivity index (χ1) is 13.9. The van der Waals surface area contributed by atoms with Crippen LogP contribution in [-0.2, 0) is 0 Å². The minimum absolute atomic E-state index is 0.0558. The fraction of sp³-hybridized carbons (Fsp3) is 0.333. The third-order valence-corrected chi connectivity index (χ3v) is 4.86. The average Bonchev–Trinajstić information content (AvgIpc) is 2.72. The first-order valence-electron chi connectivity index (χ1n) is 9.47. The monoisotopic (exact) mass is 400 g/mol. The minimum atomic E-state index is -0.655. The van der Waals surface area contributed by atoms with Crippen LogP contribution in [-0.4, -0.2) is 57.8 Å². The number of rotatable bonds is 5. The highest BCUT2D eigenvalue weighted by molar-refractivity contribution is 5.96. The molecule has 0 atom stereocenters.